The van der Waals surface area contributed by atoms with Gasteiger partial charge < -0.3 is 20.2 Å². The molecule has 23 heavy (non-hydrogen) atoms. The predicted molar refractivity (Wildman–Crippen MR) is 84.3 cm³/mol. The number of likely N-dealkylation sites (tertiary alicyclic amines) is 2. The van der Waals surface area contributed by atoms with Gasteiger partial charge in [0.25, 0.3) is 0 Å². The van der Waals surface area contributed by atoms with Crippen LogP contribution in [0.2, 0.25) is 0 Å². The maximum absolute atomic E-state index is 12.6. The molecule has 2 heterocycles. The van der Waals surface area contributed by atoms with Crippen molar-refractivity contribution in [1.82, 2.24) is 15.1 Å². The van der Waals surface area contributed by atoms with Gasteiger partial charge in [0, 0.05) is 33.1 Å². The molecular weight excluding hydrogens is 298 g/mol. The Labute approximate surface area is 137 Å². The number of carbonyl (C=O) groups excluding carboxylic acids is 3. The first-order valence-corrected chi connectivity index (χ1v) is 8.20. The highest BCUT2D eigenvalue weighted by atomic mass is 16.3. The van der Waals surface area contributed by atoms with Crippen LogP contribution in [0.25, 0.3) is 0 Å². The molecule has 2 aliphatic heterocycles. The molecule has 2 N–H and O–H groups in total. The standard InChI is InChI=1S/C16H27N3O4/c1-10(2)8-18-6-5-16(7-12(18)21)9-19(15(16)23)13(11(3)20)14(22)17-4/h10-11,13,20H,5-9H2,1-4H3,(H,17,22)/t11-,13+,16?/m1/s1. The second kappa shape index (κ2) is 6.47. The molecule has 0 aromatic heterocycles. The van der Waals surface area contributed by atoms with Crippen molar-refractivity contribution in [3.63, 3.8) is 0 Å². The maximum atomic E-state index is 12.6. The van der Waals surface area contributed by atoms with Crippen molar-refractivity contribution in [3.05, 3.63) is 0 Å². The Balaban J connectivity index is 2.04. The average Bonchev–Trinajstić information content (AvgIpc) is 2.48. The van der Waals surface area contributed by atoms with Crippen molar-refractivity contribution >= 4 is 17.7 Å². The lowest BCUT2D eigenvalue weighted by molar-refractivity contribution is -0.180. The second-order valence-corrected chi connectivity index (χ2v) is 7.17. The summed E-state index contributed by atoms with van der Waals surface area (Å²) in [4.78, 5) is 40.1. The van der Waals surface area contributed by atoms with Crippen molar-refractivity contribution in [1.29, 1.82) is 0 Å². The number of aliphatic hydroxyl groups excluding tert-OH is 1. The van der Waals surface area contributed by atoms with Gasteiger partial charge in [0.2, 0.25) is 17.7 Å². The van der Waals surface area contributed by atoms with E-state index in [1.54, 1.807) is 0 Å². The van der Waals surface area contributed by atoms with E-state index in [1.165, 1.54) is 18.9 Å². The molecule has 2 saturated heterocycles. The number of aliphatic hydroxyl groups is 1. The zero-order valence-electron chi connectivity index (χ0n) is 14.3. The minimum Gasteiger partial charge on any atom is -0.391 e. The number of nitrogens with one attached hydrogen (secondary N) is 1. The molecule has 2 aliphatic rings. The van der Waals surface area contributed by atoms with Gasteiger partial charge in [-0.25, -0.2) is 0 Å². The topological polar surface area (TPSA) is 89.9 Å². The van der Waals surface area contributed by atoms with Gasteiger partial charge in [-0.15, -0.1) is 0 Å². The third-order valence-electron chi connectivity index (χ3n) is 4.78. The minimum absolute atomic E-state index is 0.00601. The van der Waals surface area contributed by atoms with Gasteiger partial charge in [-0.05, 0) is 19.3 Å². The lowest BCUT2D eigenvalue weighted by Crippen LogP contribution is -2.71. The van der Waals surface area contributed by atoms with Crippen LogP contribution < -0.4 is 5.32 Å². The van der Waals surface area contributed by atoms with Crippen LogP contribution in [0.4, 0.5) is 0 Å². The summed E-state index contributed by atoms with van der Waals surface area (Å²) in [5, 5.41) is 12.3. The molecular formula is C16H27N3O4. The Morgan fingerprint density at radius 1 is 1.35 bits per heavy atom. The van der Waals surface area contributed by atoms with Crippen molar-refractivity contribution in [2.75, 3.05) is 26.7 Å². The molecule has 3 atom stereocenters. The number of amides is 3. The number of hydrogen-bond donors (Lipinski definition) is 2. The van der Waals surface area contributed by atoms with Gasteiger partial charge >= 0.3 is 0 Å². The molecule has 7 nitrogen and oxygen atoms in total. The van der Waals surface area contributed by atoms with Crippen molar-refractivity contribution < 1.29 is 19.5 Å². The van der Waals surface area contributed by atoms with Gasteiger partial charge in [0.15, 0.2) is 0 Å². The number of hydrogen-bond acceptors (Lipinski definition) is 4. The van der Waals surface area contributed by atoms with E-state index in [4.69, 9.17) is 0 Å². The SMILES string of the molecule is CNC(=O)[C@H]([C@@H](C)O)N1CC2(CCN(CC(C)C)C(=O)C2)C1=O. The fraction of sp³-hybridized carbons (Fsp3) is 0.812. The minimum atomic E-state index is -0.951. The Bertz CT molecular complexity index is 506. The second-order valence-electron chi connectivity index (χ2n) is 7.17. The third kappa shape index (κ3) is 3.20. The molecule has 130 valence electrons. The van der Waals surface area contributed by atoms with Gasteiger partial charge in [0.05, 0.1) is 11.5 Å². The number of β-lactam (4-membered cyclic amide) rings is 1. The van der Waals surface area contributed by atoms with E-state index >= 15 is 0 Å². The molecule has 0 aromatic carbocycles. The Hall–Kier alpha value is -1.63. The first kappa shape index (κ1) is 17.7. The van der Waals surface area contributed by atoms with Crippen LogP contribution in [-0.4, -0.2) is 71.5 Å². The quantitative estimate of drug-likeness (QED) is 0.672. The molecule has 0 aliphatic carbocycles. The van der Waals surface area contributed by atoms with Crippen LogP contribution in [-0.2, 0) is 14.4 Å². The number of nitrogens with zero attached hydrogens (tertiary/aromatic N) is 2. The Morgan fingerprint density at radius 2 is 2.00 bits per heavy atom. The largest absolute Gasteiger partial charge is 0.391 e. The van der Waals surface area contributed by atoms with E-state index in [0.29, 0.717) is 32.0 Å². The Kier molecular flexibility index (Phi) is 4.98. The molecule has 1 unspecified atom stereocenters. The van der Waals surface area contributed by atoms with E-state index in [-0.39, 0.29) is 24.1 Å². The highest BCUT2D eigenvalue weighted by Crippen LogP contribution is 2.43. The molecule has 2 rings (SSSR count). The predicted octanol–water partition coefficient (Wildman–Crippen LogP) is -0.411. The fourth-order valence-corrected chi connectivity index (χ4v) is 3.59. The van der Waals surface area contributed by atoms with E-state index in [0.717, 1.165) is 0 Å². The summed E-state index contributed by atoms with van der Waals surface area (Å²) < 4.78 is 0. The van der Waals surface area contributed by atoms with E-state index in [9.17, 15) is 19.5 Å². The highest BCUT2D eigenvalue weighted by molar-refractivity contribution is 5.98. The van der Waals surface area contributed by atoms with Crippen LogP contribution in [0.5, 0.6) is 0 Å². The van der Waals surface area contributed by atoms with E-state index in [1.807, 2.05) is 4.90 Å². The average molecular weight is 325 g/mol. The smallest absolute Gasteiger partial charge is 0.245 e. The van der Waals surface area contributed by atoms with Crippen LogP contribution in [0.15, 0.2) is 0 Å². The summed E-state index contributed by atoms with van der Waals surface area (Å²) in [5.74, 6) is -0.169. The van der Waals surface area contributed by atoms with Gasteiger partial charge in [-0.3, -0.25) is 14.4 Å². The number of carbonyl (C=O) groups is 3. The summed E-state index contributed by atoms with van der Waals surface area (Å²) in [7, 11) is 1.48. The summed E-state index contributed by atoms with van der Waals surface area (Å²) in [5.41, 5.74) is -0.675. The highest BCUT2D eigenvalue weighted by Gasteiger charge is 2.58. The number of likely N-dealkylation sites (N-methyl/N-ethyl adjacent to an activating group) is 1. The molecule has 7 heteroatoms. The number of piperidine rings is 1. The summed E-state index contributed by atoms with van der Waals surface area (Å²) in [6, 6.07) is -0.887. The summed E-state index contributed by atoms with van der Waals surface area (Å²) >= 11 is 0. The van der Waals surface area contributed by atoms with Gasteiger partial charge in [0.1, 0.15) is 6.04 Å². The van der Waals surface area contributed by atoms with Crippen LogP contribution in [0.1, 0.15) is 33.6 Å². The van der Waals surface area contributed by atoms with Crippen molar-refractivity contribution in [3.8, 4) is 0 Å². The number of rotatable bonds is 5. The van der Waals surface area contributed by atoms with E-state index in [2.05, 4.69) is 19.2 Å². The van der Waals surface area contributed by atoms with E-state index < -0.39 is 17.6 Å². The molecule has 0 aromatic rings. The first-order valence-electron chi connectivity index (χ1n) is 8.20. The maximum Gasteiger partial charge on any atom is 0.245 e. The normalized spacial score (nSPS) is 27.2. The summed E-state index contributed by atoms with van der Waals surface area (Å²) in [6.07, 6.45) is -0.121. The molecule has 2 fully saturated rings. The van der Waals surface area contributed by atoms with Crippen molar-refractivity contribution in [2.45, 2.75) is 45.8 Å². The molecule has 0 bridgehead atoms. The van der Waals surface area contributed by atoms with Crippen LogP contribution in [0, 0.1) is 11.3 Å². The lowest BCUT2D eigenvalue weighted by atomic mass is 9.69. The molecule has 1 spiro atoms. The van der Waals surface area contributed by atoms with Crippen molar-refractivity contribution in [2.24, 2.45) is 11.3 Å². The molecule has 0 saturated carbocycles. The van der Waals surface area contributed by atoms with Gasteiger partial charge in [-0.1, -0.05) is 13.8 Å². The first-order chi connectivity index (χ1) is 10.7. The van der Waals surface area contributed by atoms with Crippen LogP contribution in [0.3, 0.4) is 0 Å². The third-order valence-corrected chi connectivity index (χ3v) is 4.78. The van der Waals surface area contributed by atoms with Crippen LogP contribution >= 0.6 is 0 Å². The Morgan fingerprint density at radius 3 is 2.43 bits per heavy atom. The molecule has 0 radical (unpaired) electrons. The zero-order chi connectivity index (χ0) is 17.4. The zero-order valence-corrected chi connectivity index (χ0v) is 14.3. The fourth-order valence-electron chi connectivity index (χ4n) is 3.59. The summed E-state index contributed by atoms with van der Waals surface area (Å²) in [6.45, 7) is 7.26. The molecule has 3 amide bonds. The van der Waals surface area contributed by atoms with Gasteiger partial charge in [-0.2, -0.15) is 0 Å². The monoisotopic (exact) mass is 325 g/mol. The lowest BCUT2D eigenvalue weighted by Gasteiger charge is -2.54.